The van der Waals surface area contributed by atoms with Gasteiger partial charge >= 0.3 is 0 Å². The second-order valence-corrected chi connectivity index (χ2v) is 3.72. The zero-order chi connectivity index (χ0) is 10.3. The molecular weight excluding hydrogens is 158 g/mol. The van der Waals surface area contributed by atoms with Crippen molar-refractivity contribution < 1.29 is 0 Å². The Labute approximate surface area is 82.9 Å². The summed E-state index contributed by atoms with van der Waals surface area (Å²) in [7, 11) is 1.95. The first kappa shape index (κ1) is 12.3. The average molecular weight is 181 g/mol. The van der Waals surface area contributed by atoms with Gasteiger partial charge in [-0.1, -0.05) is 31.1 Å². The molecule has 0 aliphatic rings. The minimum atomic E-state index is 0.647. The molecule has 0 radical (unpaired) electrons. The molecule has 0 bridgehead atoms. The van der Waals surface area contributed by atoms with Gasteiger partial charge in [-0.3, -0.25) is 0 Å². The fourth-order valence-corrected chi connectivity index (χ4v) is 1.08. The van der Waals surface area contributed by atoms with Crippen LogP contribution >= 0.6 is 0 Å². The molecule has 0 saturated heterocycles. The van der Waals surface area contributed by atoms with E-state index in [-0.39, 0.29) is 0 Å². The van der Waals surface area contributed by atoms with Gasteiger partial charge in [0.1, 0.15) is 0 Å². The maximum Gasteiger partial charge on any atom is 0.00276 e. The molecule has 13 heavy (non-hydrogen) atoms. The predicted octanol–water partition coefficient (Wildman–Crippen LogP) is 3.49. The van der Waals surface area contributed by atoms with Crippen LogP contribution in [0.3, 0.4) is 0 Å². The van der Waals surface area contributed by atoms with E-state index in [1.807, 2.05) is 7.05 Å². The lowest BCUT2D eigenvalue weighted by atomic mass is 9.98. The first-order chi connectivity index (χ1) is 6.11. The fraction of sp³-hybridized carbons (Fsp3) is 0.667. The summed E-state index contributed by atoms with van der Waals surface area (Å²) < 4.78 is 0. The highest BCUT2D eigenvalue weighted by Crippen LogP contribution is 2.15. The highest BCUT2D eigenvalue weighted by atomic mass is 14.8. The van der Waals surface area contributed by atoms with Crippen molar-refractivity contribution in [3.05, 3.63) is 23.4 Å². The summed E-state index contributed by atoms with van der Waals surface area (Å²) in [5.74, 6) is 0.647. The third-order valence-corrected chi connectivity index (χ3v) is 2.53. The van der Waals surface area contributed by atoms with E-state index in [4.69, 9.17) is 0 Å². The molecule has 0 aromatic rings. The van der Waals surface area contributed by atoms with Gasteiger partial charge in [-0.15, -0.1) is 0 Å². The van der Waals surface area contributed by atoms with Crippen LogP contribution in [0.4, 0.5) is 0 Å². The largest absolute Gasteiger partial charge is 0.394 e. The number of rotatable bonds is 5. The van der Waals surface area contributed by atoms with Crippen molar-refractivity contribution in [1.29, 1.82) is 0 Å². The summed E-state index contributed by atoms with van der Waals surface area (Å²) in [6, 6.07) is 0. The topological polar surface area (TPSA) is 12.0 Å². The van der Waals surface area contributed by atoms with E-state index in [0.717, 1.165) is 6.42 Å². The van der Waals surface area contributed by atoms with Crippen molar-refractivity contribution in [2.24, 2.45) is 5.92 Å². The van der Waals surface area contributed by atoms with Crippen LogP contribution in [-0.4, -0.2) is 7.05 Å². The SMILES string of the molecule is CC/C(C)=C\CC(C)/C(C)=C\NC. The molecule has 1 heteroatoms. The molecule has 0 rings (SSSR count). The van der Waals surface area contributed by atoms with Gasteiger partial charge in [-0.2, -0.15) is 0 Å². The van der Waals surface area contributed by atoms with E-state index in [9.17, 15) is 0 Å². The first-order valence-corrected chi connectivity index (χ1v) is 5.11. The van der Waals surface area contributed by atoms with Crippen LogP contribution in [0.2, 0.25) is 0 Å². The maximum atomic E-state index is 3.07. The molecule has 0 aromatic carbocycles. The number of allylic oxidation sites excluding steroid dienone is 3. The minimum Gasteiger partial charge on any atom is -0.394 e. The van der Waals surface area contributed by atoms with Crippen LogP contribution in [-0.2, 0) is 0 Å². The molecule has 0 aliphatic heterocycles. The molecule has 1 N–H and O–H groups in total. The van der Waals surface area contributed by atoms with E-state index >= 15 is 0 Å². The van der Waals surface area contributed by atoms with Crippen molar-refractivity contribution in [3.63, 3.8) is 0 Å². The van der Waals surface area contributed by atoms with E-state index in [0.29, 0.717) is 5.92 Å². The van der Waals surface area contributed by atoms with Gasteiger partial charge in [0.15, 0.2) is 0 Å². The van der Waals surface area contributed by atoms with Gasteiger partial charge in [0.05, 0.1) is 0 Å². The van der Waals surface area contributed by atoms with Gasteiger partial charge in [0.2, 0.25) is 0 Å². The summed E-state index contributed by atoms with van der Waals surface area (Å²) in [5, 5.41) is 3.07. The third kappa shape index (κ3) is 5.51. The lowest BCUT2D eigenvalue weighted by Gasteiger charge is -2.09. The lowest BCUT2D eigenvalue weighted by molar-refractivity contribution is 0.683. The fourth-order valence-electron chi connectivity index (χ4n) is 1.08. The summed E-state index contributed by atoms with van der Waals surface area (Å²) >= 11 is 0. The predicted molar refractivity (Wildman–Crippen MR) is 60.6 cm³/mol. The van der Waals surface area contributed by atoms with E-state index in [1.165, 1.54) is 17.6 Å². The zero-order valence-electron chi connectivity index (χ0n) is 9.65. The molecule has 0 fully saturated rings. The Morgan fingerprint density at radius 2 is 2.00 bits per heavy atom. The molecule has 1 atom stereocenters. The Balaban J connectivity index is 4.00. The normalized spacial score (nSPS) is 15.8. The Morgan fingerprint density at radius 3 is 2.46 bits per heavy atom. The van der Waals surface area contributed by atoms with Gasteiger partial charge in [0.25, 0.3) is 0 Å². The van der Waals surface area contributed by atoms with E-state index in [1.54, 1.807) is 0 Å². The van der Waals surface area contributed by atoms with Crippen molar-refractivity contribution in [3.8, 4) is 0 Å². The number of hydrogen-bond acceptors (Lipinski definition) is 1. The zero-order valence-corrected chi connectivity index (χ0v) is 9.65. The second-order valence-electron chi connectivity index (χ2n) is 3.72. The summed E-state index contributed by atoms with van der Waals surface area (Å²) in [5.41, 5.74) is 2.91. The van der Waals surface area contributed by atoms with Gasteiger partial charge in [-0.05, 0) is 38.8 Å². The molecule has 0 aromatic heterocycles. The van der Waals surface area contributed by atoms with Crippen molar-refractivity contribution >= 4 is 0 Å². The standard InChI is InChI=1S/C12H23N/c1-6-10(2)7-8-11(3)12(4)9-13-5/h7,9,11,13H,6,8H2,1-5H3/b10-7-,12-9-. The second kappa shape index (κ2) is 6.76. The molecule has 1 nitrogen and oxygen atoms in total. The quantitative estimate of drug-likeness (QED) is 0.640. The Kier molecular flexibility index (Phi) is 6.38. The summed E-state index contributed by atoms with van der Waals surface area (Å²) in [4.78, 5) is 0. The number of hydrogen-bond donors (Lipinski definition) is 1. The molecule has 76 valence electrons. The Bertz CT molecular complexity index is 189. The van der Waals surface area contributed by atoms with Crippen LogP contribution in [0.5, 0.6) is 0 Å². The van der Waals surface area contributed by atoms with E-state index in [2.05, 4.69) is 45.3 Å². The third-order valence-electron chi connectivity index (χ3n) is 2.53. The van der Waals surface area contributed by atoms with Gasteiger partial charge in [-0.25, -0.2) is 0 Å². The molecule has 0 amide bonds. The van der Waals surface area contributed by atoms with Crippen LogP contribution in [0.15, 0.2) is 23.4 Å². The maximum absolute atomic E-state index is 3.07. The van der Waals surface area contributed by atoms with Crippen molar-refractivity contribution in [2.75, 3.05) is 7.05 Å². The Morgan fingerprint density at radius 1 is 1.38 bits per heavy atom. The summed E-state index contributed by atoms with van der Waals surface area (Å²) in [6.45, 7) is 8.84. The monoisotopic (exact) mass is 181 g/mol. The molecule has 0 saturated carbocycles. The van der Waals surface area contributed by atoms with Crippen LogP contribution < -0.4 is 5.32 Å². The molecule has 0 heterocycles. The first-order valence-electron chi connectivity index (χ1n) is 5.11. The molecular formula is C12H23N. The van der Waals surface area contributed by atoms with Crippen LogP contribution in [0, 0.1) is 5.92 Å². The molecule has 0 spiro atoms. The van der Waals surface area contributed by atoms with E-state index < -0.39 is 0 Å². The smallest absolute Gasteiger partial charge is 0.00276 e. The molecule has 0 aliphatic carbocycles. The number of nitrogens with one attached hydrogen (secondary N) is 1. The lowest BCUT2D eigenvalue weighted by Crippen LogP contribution is -2.01. The van der Waals surface area contributed by atoms with Crippen molar-refractivity contribution in [2.45, 2.75) is 40.5 Å². The van der Waals surface area contributed by atoms with Crippen LogP contribution in [0.1, 0.15) is 40.5 Å². The van der Waals surface area contributed by atoms with Gasteiger partial charge in [0, 0.05) is 7.05 Å². The highest BCUT2D eigenvalue weighted by Gasteiger charge is 2.01. The van der Waals surface area contributed by atoms with Crippen molar-refractivity contribution in [1.82, 2.24) is 5.32 Å². The minimum absolute atomic E-state index is 0.647. The van der Waals surface area contributed by atoms with Crippen LogP contribution in [0.25, 0.3) is 0 Å². The molecule has 1 unspecified atom stereocenters. The highest BCUT2D eigenvalue weighted by molar-refractivity contribution is 5.05. The average Bonchev–Trinajstić information content (AvgIpc) is 2.13. The van der Waals surface area contributed by atoms with Gasteiger partial charge < -0.3 is 5.32 Å². The Hall–Kier alpha value is -0.720. The summed E-state index contributed by atoms with van der Waals surface area (Å²) in [6.07, 6.45) is 6.75.